The van der Waals surface area contributed by atoms with E-state index in [1.807, 2.05) is 13.0 Å². The van der Waals surface area contributed by atoms with Crippen LogP contribution in [-0.2, 0) is 20.6 Å². The standard InChI is InChI=1S/C25H26ClFN2O3S2/c1-19-4-2-5-23(16-19)29(34(31,32)24-12-8-21(26)9-13-24)17-25(30)28-14-3-15-33-18-20-6-10-22(27)11-7-20/h2,4-13,16H,3,14-15,17-18H2,1H3,(H,28,30). The van der Waals surface area contributed by atoms with Crippen LogP contribution >= 0.6 is 23.4 Å². The molecule has 0 heterocycles. The number of anilines is 1. The van der Waals surface area contributed by atoms with Crippen LogP contribution in [0.3, 0.4) is 0 Å². The fourth-order valence-corrected chi connectivity index (χ4v) is 5.65. The first-order valence-corrected chi connectivity index (χ1v) is 13.7. The Labute approximate surface area is 209 Å². The van der Waals surface area contributed by atoms with E-state index in [4.69, 9.17) is 11.6 Å². The van der Waals surface area contributed by atoms with Gasteiger partial charge in [0.25, 0.3) is 10.0 Å². The monoisotopic (exact) mass is 520 g/mol. The molecule has 0 saturated carbocycles. The van der Waals surface area contributed by atoms with Gasteiger partial charge in [0.2, 0.25) is 5.91 Å². The van der Waals surface area contributed by atoms with Crippen molar-refractivity contribution in [3.8, 4) is 0 Å². The number of hydrogen-bond acceptors (Lipinski definition) is 4. The van der Waals surface area contributed by atoms with Crippen LogP contribution in [0.4, 0.5) is 10.1 Å². The minimum atomic E-state index is -3.97. The number of hydrogen-bond donors (Lipinski definition) is 1. The molecule has 0 unspecified atom stereocenters. The number of carbonyl (C=O) groups is 1. The van der Waals surface area contributed by atoms with Crippen molar-refractivity contribution in [3.05, 3.63) is 94.8 Å². The molecule has 0 aromatic heterocycles. The Bertz CT molecular complexity index is 1200. The van der Waals surface area contributed by atoms with E-state index in [-0.39, 0.29) is 23.2 Å². The lowest BCUT2D eigenvalue weighted by Crippen LogP contribution is -2.41. The van der Waals surface area contributed by atoms with Crippen LogP contribution in [-0.4, -0.2) is 33.2 Å². The van der Waals surface area contributed by atoms with Crippen LogP contribution < -0.4 is 9.62 Å². The largest absolute Gasteiger partial charge is 0.354 e. The predicted molar refractivity (Wildman–Crippen MR) is 137 cm³/mol. The van der Waals surface area contributed by atoms with Crippen LogP contribution in [0.2, 0.25) is 5.02 Å². The minimum Gasteiger partial charge on any atom is -0.354 e. The Morgan fingerprint density at radius 2 is 1.76 bits per heavy atom. The van der Waals surface area contributed by atoms with Crippen molar-refractivity contribution in [2.75, 3.05) is 23.1 Å². The van der Waals surface area contributed by atoms with Gasteiger partial charge in [0.05, 0.1) is 10.6 Å². The molecule has 3 aromatic rings. The molecule has 1 amide bonds. The summed E-state index contributed by atoms with van der Waals surface area (Å²) in [6.45, 7) is 1.95. The number of sulfonamides is 1. The highest BCUT2D eigenvalue weighted by Gasteiger charge is 2.27. The molecule has 0 fully saturated rings. The SMILES string of the molecule is Cc1cccc(N(CC(=O)NCCCSCc2ccc(F)cc2)S(=O)(=O)c2ccc(Cl)cc2)c1. The highest BCUT2D eigenvalue weighted by molar-refractivity contribution is 7.98. The molecule has 0 aliphatic heterocycles. The van der Waals surface area contributed by atoms with Crippen molar-refractivity contribution in [3.63, 3.8) is 0 Å². The summed E-state index contributed by atoms with van der Waals surface area (Å²) in [5.74, 6) is 0.925. The molecule has 0 aliphatic carbocycles. The third-order valence-corrected chi connectivity index (χ3v) is 8.10. The summed E-state index contributed by atoms with van der Waals surface area (Å²) in [5, 5.41) is 3.23. The van der Waals surface area contributed by atoms with E-state index in [2.05, 4.69) is 5.32 Å². The zero-order chi connectivity index (χ0) is 24.6. The molecule has 3 rings (SSSR count). The number of nitrogens with one attached hydrogen (secondary N) is 1. The molecule has 180 valence electrons. The van der Waals surface area contributed by atoms with E-state index in [1.54, 1.807) is 42.1 Å². The van der Waals surface area contributed by atoms with Crippen LogP contribution in [0.25, 0.3) is 0 Å². The molecule has 5 nitrogen and oxygen atoms in total. The second kappa shape index (κ2) is 12.2. The first-order chi connectivity index (χ1) is 16.3. The number of aryl methyl sites for hydroxylation is 1. The van der Waals surface area contributed by atoms with Crippen molar-refractivity contribution < 1.29 is 17.6 Å². The van der Waals surface area contributed by atoms with E-state index >= 15 is 0 Å². The van der Waals surface area contributed by atoms with Crippen LogP contribution in [0, 0.1) is 12.7 Å². The quantitative estimate of drug-likeness (QED) is 0.343. The fraction of sp³-hybridized carbons (Fsp3) is 0.240. The summed E-state index contributed by atoms with van der Waals surface area (Å²) < 4.78 is 40.8. The van der Waals surface area contributed by atoms with Crippen molar-refractivity contribution in [1.29, 1.82) is 0 Å². The summed E-state index contributed by atoms with van der Waals surface area (Å²) in [4.78, 5) is 12.7. The molecule has 9 heteroatoms. The molecule has 0 aliphatic rings. The third kappa shape index (κ3) is 7.48. The molecule has 3 aromatic carbocycles. The maximum absolute atomic E-state index is 13.3. The zero-order valence-electron chi connectivity index (χ0n) is 18.7. The van der Waals surface area contributed by atoms with E-state index in [0.717, 1.165) is 33.4 Å². The Balaban J connectivity index is 1.58. The maximum atomic E-state index is 13.3. The van der Waals surface area contributed by atoms with Gasteiger partial charge in [-0.15, -0.1) is 0 Å². The molecule has 34 heavy (non-hydrogen) atoms. The number of carbonyl (C=O) groups excluding carboxylic acids is 1. The van der Waals surface area contributed by atoms with Gasteiger partial charge in [-0.1, -0.05) is 35.9 Å². The summed E-state index contributed by atoms with van der Waals surface area (Å²) in [6, 6.07) is 19.3. The molecule has 1 N–H and O–H groups in total. The zero-order valence-corrected chi connectivity index (χ0v) is 21.1. The van der Waals surface area contributed by atoms with Crippen LogP contribution in [0.5, 0.6) is 0 Å². The van der Waals surface area contributed by atoms with Gasteiger partial charge < -0.3 is 5.32 Å². The van der Waals surface area contributed by atoms with E-state index in [0.29, 0.717) is 17.3 Å². The summed E-state index contributed by atoms with van der Waals surface area (Å²) in [7, 11) is -3.97. The van der Waals surface area contributed by atoms with Crippen molar-refractivity contribution in [2.24, 2.45) is 0 Å². The molecular formula is C25H26ClFN2O3S2. The number of thioether (sulfide) groups is 1. The molecule has 0 atom stereocenters. The highest BCUT2D eigenvalue weighted by atomic mass is 35.5. The predicted octanol–water partition coefficient (Wildman–Crippen LogP) is 5.42. The van der Waals surface area contributed by atoms with E-state index in [1.165, 1.54) is 36.4 Å². The first-order valence-electron chi connectivity index (χ1n) is 10.7. The number of benzene rings is 3. The lowest BCUT2D eigenvalue weighted by molar-refractivity contribution is -0.119. The summed E-state index contributed by atoms with van der Waals surface area (Å²) in [6.07, 6.45) is 0.728. The molecule has 0 saturated heterocycles. The van der Waals surface area contributed by atoms with E-state index in [9.17, 15) is 17.6 Å². The number of nitrogens with zero attached hydrogens (tertiary/aromatic N) is 1. The molecule has 0 radical (unpaired) electrons. The Kier molecular flexibility index (Phi) is 9.38. The smallest absolute Gasteiger partial charge is 0.264 e. The average Bonchev–Trinajstić information content (AvgIpc) is 2.81. The summed E-state index contributed by atoms with van der Waals surface area (Å²) in [5.41, 5.74) is 2.34. The molecule has 0 bridgehead atoms. The van der Waals surface area contributed by atoms with Crippen LogP contribution in [0.15, 0.2) is 77.7 Å². The number of halogens is 2. The number of amides is 1. The second-order valence-corrected chi connectivity index (χ2v) is 11.1. The van der Waals surface area contributed by atoms with Gasteiger partial charge >= 0.3 is 0 Å². The van der Waals surface area contributed by atoms with Crippen molar-refractivity contribution >= 4 is 45.0 Å². The van der Waals surface area contributed by atoms with Gasteiger partial charge in [-0.2, -0.15) is 11.8 Å². The average molecular weight is 521 g/mol. The Morgan fingerprint density at radius 1 is 1.06 bits per heavy atom. The fourth-order valence-electron chi connectivity index (χ4n) is 3.19. The maximum Gasteiger partial charge on any atom is 0.264 e. The van der Waals surface area contributed by atoms with Gasteiger partial charge in [0.1, 0.15) is 12.4 Å². The summed E-state index contributed by atoms with van der Waals surface area (Å²) >= 11 is 7.60. The lowest BCUT2D eigenvalue weighted by Gasteiger charge is -2.24. The highest BCUT2D eigenvalue weighted by Crippen LogP contribution is 2.25. The Hall–Kier alpha value is -2.55. The number of rotatable bonds is 11. The van der Waals surface area contributed by atoms with Gasteiger partial charge in [-0.3, -0.25) is 9.10 Å². The lowest BCUT2D eigenvalue weighted by atomic mass is 10.2. The van der Waals surface area contributed by atoms with Crippen LogP contribution in [0.1, 0.15) is 17.5 Å². The van der Waals surface area contributed by atoms with Crippen molar-refractivity contribution in [2.45, 2.75) is 24.0 Å². The Morgan fingerprint density at radius 3 is 2.44 bits per heavy atom. The molecule has 0 spiro atoms. The van der Waals surface area contributed by atoms with Crippen molar-refractivity contribution in [1.82, 2.24) is 5.32 Å². The second-order valence-electron chi connectivity index (χ2n) is 7.69. The van der Waals surface area contributed by atoms with Gasteiger partial charge in [0.15, 0.2) is 0 Å². The molecular weight excluding hydrogens is 495 g/mol. The van der Waals surface area contributed by atoms with Gasteiger partial charge in [0, 0.05) is 17.3 Å². The minimum absolute atomic E-state index is 0.0587. The van der Waals surface area contributed by atoms with Gasteiger partial charge in [-0.05, 0) is 78.8 Å². The third-order valence-electron chi connectivity index (χ3n) is 4.95. The normalized spacial score (nSPS) is 11.3. The first kappa shape index (κ1) is 26.1. The topological polar surface area (TPSA) is 66.5 Å². The van der Waals surface area contributed by atoms with E-state index < -0.39 is 10.0 Å². The van der Waals surface area contributed by atoms with Gasteiger partial charge in [-0.25, -0.2) is 12.8 Å².